The number of nitrogens with one attached hydrogen (secondary N) is 1. The van der Waals surface area contributed by atoms with Crippen LogP contribution in [0, 0.1) is 11.7 Å². The quantitative estimate of drug-likeness (QED) is 0.446. The van der Waals surface area contributed by atoms with Crippen molar-refractivity contribution >= 4 is 39.1 Å². The van der Waals surface area contributed by atoms with Gasteiger partial charge in [0, 0.05) is 37.2 Å². The number of nitrogens with zero attached hydrogens (tertiary/aromatic N) is 3. The summed E-state index contributed by atoms with van der Waals surface area (Å²) in [5.41, 5.74) is 1.70. The highest BCUT2D eigenvalue weighted by molar-refractivity contribution is 7.92. The number of fused-ring (bicyclic) bond motifs is 2. The van der Waals surface area contributed by atoms with Crippen LogP contribution in [0.15, 0.2) is 65.7 Å². The largest absolute Gasteiger partial charge is 0.346 e. The van der Waals surface area contributed by atoms with Gasteiger partial charge in [-0.25, -0.2) is 12.8 Å². The molecule has 8 nitrogen and oxygen atoms in total. The number of aromatic nitrogens is 1. The Balaban J connectivity index is 1.42. The Bertz CT molecular complexity index is 1620. The smallest absolute Gasteiger partial charge is 0.264 e. The van der Waals surface area contributed by atoms with Crippen molar-refractivity contribution in [2.24, 2.45) is 5.92 Å². The molecule has 2 aliphatic heterocycles. The number of piperidine rings is 1. The molecule has 2 aromatic carbocycles. The molecule has 0 radical (unpaired) electrons. The maximum atomic E-state index is 14.2. The Hall–Kier alpha value is -3.50. The number of sulfonamides is 1. The van der Waals surface area contributed by atoms with Crippen molar-refractivity contribution in [3.8, 4) is 0 Å². The van der Waals surface area contributed by atoms with Gasteiger partial charge in [-0.15, -0.1) is 0 Å². The van der Waals surface area contributed by atoms with E-state index >= 15 is 0 Å². The standard InChI is InChI=1S/C30H30ClFN4O4S/c1-19(37)35-15-12-30(13-16-35)24-17-21(29(38)34-18-26-25(31)3-2-14-33-26)6-11-27(24)36(28(30)20-4-5-20)41(39,40)23-9-7-22(32)8-10-23/h2-3,6-11,14,17,20,28H,4-5,12-13,15-16,18H2,1H3,(H,34,38). The minimum atomic E-state index is -4.05. The Morgan fingerprint density at radius 3 is 2.44 bits per heavy atom. The van der Waals surface area contributed by atoms with Crippen molar-refractivity contribution in [2.75, 3.05) is 17.4 Å². The zero-order valence-corrected chi connectivity index (χ0v) is 24.1. The van der Waals surface area contributed by atoms with Crippen molar-refractivity contribution in [3.63, 3.8) is 0 Å². The molecule has 1 aliphatic carbocycles. The Labute approximate surface area is 243 Å². The van der Waals surface area contributed by atoms with Gasteiger partial charge in [0.25, 0.3) is 15.9 Å². The maximum Gasteiger partial charge on any atom is 0.264 e. The molecule has 11 heteroatoms. The monoisotopic (exact) mass is 596 g/mol. The van der Waals surface area contributed by atoms with Gasteiger partial charge in [-0.1, -0.05) is 11.6 Å². The summed E-state index contributed by atoms with van der Waals surface area (Å²) < 4.78 is 43.6. The fourth-order valence-corrected chi connectivity index (χ4v) is 8.44. The van der Waals surface area contributed by atoms with E-state index in [1.54, 1.807) is 42.3 Å². The summed E-state index contributed by atoms with van der Waals surface area (Å²) in [4.78, 5) is 31.5. The second-order valence-corrected chi connectivity index (χ2v) is 13.3. The molecule has 1 spiro atoms. The van der Waals surface area contributed by atoms with Crippen molar-refractivity contribution < 1.29 is 22.4 Å². The van der Waals surface area contributed by atoms with Crippen molar-refractivity contribution in [1.29, 1.82) is 0 Å². The number of rotatable bonds is 6. The average molecular weight is 597 g/mol. The second-order valence-electron chi connectivity index (χ2n) is 11.0. The van der Waals surface area contributed by atoms with E-state index in [0.717, 1.165) is 30.5 Å². The molecule has 6 rings (SSSR count). The number of halogens is 2. The third-order valence-corrected chi connectivity index (χ3v) is 10.8. The molecule has 1 saturated heterocycles. The number of benzene rings is 2. The number of carbonyl (C=O) groups is 2. The number of hydrogen-bond acceptors (Lipinski definition) is 5. The van der Waals surface area contributed by atoms with Crippen LogP contribution in [0.1, 0.15) is 54.2 Å². The fraction of sp³-hybridized carbons (Fsp3) is 0.367. The van der Waals surface area contributed by atoms with E-state index in [1.807, 2.05) is 6.07 Å². The SMILES string of the molecule is CC(=O)N1CCC2(CC1)c1cc(C(=O)NCc3ncccc3Cl)ccc1N(S(=O)(=O)c1ccc(F)cc1)C2C1CC1. The minimum absolute atomic E-state index is 0.0156. The van der Waals surface area contributed by atoms with Crippen LogP contribution >= 0.6 is 11.6 Å². The first-order valence-electron chi connectivity index (χ1n) is 13.7. The van der Waals surface area contributed by atoms with E-state index in [2.05, 4.69) is 10.3 Å². The molecule has 41 heavy (non-hydrogen) atoms. The zero-order valence-electron chi connectivity index (χ0n) is 22.5. The third kappa shape index (κ3) is 4.86. The number of likely N-dealkylation sites (tertiary alicyclic amines) is 1. The van der Waals surface area contributed by atoms with Crippen LogP contribution in [-0.4, -0.2) is 49.2 Å². The highest BCUT2D eigenvalue weighted by atomic mass is 35.5. The normalized spacial score (nSPS) is 19.7. The molecule has 214 valence electrons. The van der Waals surface area contributed by atoms with Gasteiger partial charge >= 0.3 is 0 Å². The molecule has 0 bridgehead atoms. The van der Waals surface area contributed by atoms with Crippen LogP contribution in [0.5, 0.6) is 0 Å². The van der Waals surface area contributed by atoms with Crippen molar-refractivity contribution in [2.45, 2.75) is 55.5 Å². The molecular weight excluding hydrogens is 567 g/mol. The van der Waals surface area contributed by atoms with Gasteiger partial charge in [-0.05, 0) is 91.8 Å². The lowest BCUT2D eigenvalue weighted by atomic mass is 9.68. The predicted molar refractivity (Wildman–Crippen MR) is 153 cm³/mol. The molecule has 2 amide bonds. The van der Waals surface area contributed by atoms with Crippen molar-refractivity contribution in [3.05, 3.63) is 88.5 Å². The topological polar surface area (TPSA) is 99.7 Å². The predicted octanol–water partition coefficient (Wildman–Crippen LogP) is 4.67. The van der Waals surface area contributed by atoms with E-state index in [0.29, 0.717) is 47.9 Å². The summed E-state index contributed by atoms with van der Waals surface area (Å²) in [6, 6.07) is 13.1. The number of anilines is 1. The summed E-state index contributed by atoms with van der Waals surface area (Å²) in [6.45, 7) is 2.68. The van der Waals surface area contributed by atoms with E-state index in [9.17, 15) is 22.4 Å². The van der Waals surface area contributed by atoms with E-state index in [4.69, 9.17) is 11.6 Å². The van der Waals surface area contributed by atoms with Crippen LogP contribution in [-0.2, 0) is 26.8 Å². The zero-order chi connectivity index (χ0) is 28.9. The van der Waals surface area contributed by atoms with Crippen LogP contribution in [0.25, 0.3) is 0 Å². The first-order chi connectivity index (χ1) is 19.6. The van der Waals surface area contributed by atoms with Gasteiger partial charge in [-0.3, -0.25) is 18.9 Å². The Kier molecular flexibility index (Phi) is 7.02. The van der Waals surface area contributed by atoms with Gasteiger partial charge < -0.3 is 10.2 Å². The van der Waals surface area contributed by atoms with E-state index in [1.165, 1.54) is 16.4 Å². The number of hydrogen-bond donors (Lipinski definition) is 1. The molecule has 1 atom stereocenters. The molecule has 1 unspecified atom stereocenters. The molecule has 1 saturated carbocycles. The Morgan fingerprint density at radius 1 is 1.10 bits per heavy atom. The fourth-order valence-electron chi connectivity index (χ4n) is 6.46. The van der Waals surface area contributed by atoms with Crippen LogP contribution in [0.4, 0.5) is 10.1 Å². The Morgan fingerprint density at radius 2 is 1.80 bits per heavy atom. The summed E-state index contributed by atoms with van der Waals surface area (Å²) in [5.74, 6) is -0.711. The van der Waals surface area contributed by atoms with E-state index in [-0.39, 0.29) is 35.2 Å². The lowest BCUT2D eigenvalue weighted by Crippen LogP contribution is -2.54. The first-order valence-corrected chi connectivity index (χ1v) is 15.5. The first kappa shape index (κ1) is 27.7. The molecule has 1 N–H and O–H groups in total. The summed E-state index contributed by atoms with van der Waals surface area (Å²) in [7, 11) is -4.05. The van der Waals surface area contributed by atoms with Crippen molar-refractivity contribution in [1.82, 2.24) is 15.2 Å². The summed E-state index contributed by atoms with van der Waals surface area (Å²) in [6.07, 6.45) is 4.54. The highest BCUT2D eigenvalue weighted by Crippen LogP contribution is 2.59. The molecule has 3 aliphatic rings. The van der Waals surface area contributed by atoms with Gasteiger partial charge in [0.05, 0.1) is 33.9 Å². The van der Waals surface area contributed by atoms with Gasteiger partial charge in [-0.2, -0.15) is 0 Å². The molecule has 3 aromatic rings. The van der Waals surface area contributed by atoms with Gasteiger partial charge in [0.15, 0.2) is 0 Å². The highest BCUT2D eigenvalue weighted by Gasteiger charge is 2.60. The number of carbonyl (C=O) groups excluding carboxylic acids is 2. The number of pyridine rings is 1. The molecule has 2 fully saturated rings. The van der Waals surface area contributed by atoms with Crippen LogP contribution in [0.2, 0.25) is 5.02 Å². The van der Waals surface area contributed by atoms with E-state index < -0.39 is 21.3 Å². The minimum Gasteiger partial charge on any atom is -0.346 e. The third-order valence-electron chi connectivity index (χ3n) is 8.64. The van der Waals surface area contributed by atoms with Crippen LogP contribution in [0.3, 0.4) is 0 Å². The molecule has 1 aromatic heterocycles. The summed E-state index contributed by atoms with van der Waals surface area (Å²) >= 11 is 6.21. The second kappa shape index (κ2) is 10.4. The number of amides is 2. The molecule has 3 heterocycles. The van der Waals surface area contributed by atoms with Gasteiger partial charge in [0.2, 0.25) is 5.91 Å². The van der Waals surface area contributed by atoms with Gasteiger partial charge in [0.1, 0.15) is 5.82 Å². The summed E-state index contributed by atoms with van der Waals surface area (Å²) in [5, 5.41) is 3.32. The maximum absolute atomic E-state index is 14.2. The van der Waals surface area contributed by atoms with Crippen LogP contribution < -0.4 is 9.62 Å². The molecular formula is C30H30ClFN4O4S. The average Bonchev–Trinajstić information content (AvgIpc) is 3.76. The lowest BCUT2D eigenvalue weighted by Gasteiger charge is -2.45. The lowest BCUT2D eigenvalue weighted by molar-refractivity contribution is -0.130.